The summed E-state index contributed by atoms with van der Waals surface area (Å²) in [4.78, 5) is 148. The number of aliphatic carboxylic acids is 6. The summed E-state index contributed by atoms with van der Waals surface area (Å²) in [7, 11) is 1.89. The molecular weight excluding hydrogens is 1460 g/mol. The third-order valence-corrected chi connectivity index (χ3v) is 17.7. The van der Waals surface area contributed by atoms with Gasteiger partial charge in [-0.2, -0.15) is 5.10 Å². The van der Waals surface area contributed by atoms with Crippen LogP contribution < -0.4 is 43.1 Å². The number of rotatable bonds is 45. The van der Waals surface area contributed by atoms with E-state index in [1.54, 1.807) is 34.1 Å². The topological polar surface area (TPSA) is 457 Å². The summed E-state index contributed by atoms with van der Waals surface area (Å²) in [5, 5.41) is 80.9. The standard InChI is InChI=1S/C69H99IN14O17S/c1-81-32-33-82(44-62(90)91)34-35-83(45-63(92)93)36-37-84(46-64(94)95)54(43-81)38-48-23-27-52(28-24-48)78-69(102)74-30-8-5-18-56(59(86)40-50(65(96)97)13-3-2-4-16-55(85)17-9-12-47-21-25-51(70)26-22-47)79-60(87)42-75-58(41-76-71)49-14-10-15-53(39-49)77-67(100)72-29-7-6-19-57(66(98)99)80-68(101)73-31-11-20-61(88)89/h10,14-15,21-28,39,41,50,54,56-57H,2-9,11-13,16-20,29-38,40,42-46,71H2,1H3,(H,79,87)(H,88,89)(H,90,91)(H,92,93)(H,94,95)(H,96,97)(H,98,99)(H2,72,77,100)(H2,73,80,101)(H2,74,78,102)/t50-,54?,56+,57+/m1/s1. The summed E-state index contributed by atoms with van der Waals surface area (Å²) in [5.41, 5.74) is 3.55. The Morgan fingerprint density at radius 2 is 1.20 bits per heavy atom. The van der Waals surface area contributed by atoms with E-state index in [4.69, 9.17) is 23.2 Å². The predicted octanol–water partition coefficient (Wildman–Crippen LogP) is 4.79. The number of unbranched alkanes of at least 4 members (excludes halogenated alkanes) is 4. The molecule has 560 valence electrons. The number of carbonyl (C=O) groups excluding carboxylic acids is 5. The molecule has 0 aliphatic carbocycles. The number of benzene rings is 3. The highest BCUT2D eigenvalue weighted by atomic mass is 127. The molecule has 1 saturated heterocycles. The Balaban J connectivity index is 1.38. The van der Waals surface area contributed by atoms with Gasteiger partial charge in [0, 0.05) is 118 Å². The Morgan fingerprint density at radius 3 is 1.83 bits per heavy atom. The van der Waals surface area contributed by atoms with E-state index in [1.807, 2.05) is 65.4 Å². The lowest BCUT2D eigenvalue weighted by Gasteiger charge is -2.37. The number of hydrogen-bond acceptors (Lipinski definition) is 19. The van der Waals surface area contributed by atoms with Crippen LogP contribution in [-0.4, -0.2) is 249 Å². The van der Waals surface area contributed by atoms with Gasteiger partial charge in [0.1, 0.15) is 18.4 Å². The number of carboxylic acids is 6. The minimum absolute atomic E-state index is 0.0473. The van der Waals surface area contributed by atoms with Gasteiger partial charge < -0.3 is 78.6 Å². The molecule has 4 atom stereocenters. The first-order valence-corrected chi connectivity index (χ1v) is 35.6. The van der Waals surface area contributed by atoms with Crippen LogP contribution in [0.4, 0.5) is 21.0 Å². The molecule has 4 rings (SSSR count). The number of halogens is 1. The van der Waals surface area contributed by atoms with Crippen molar-refractivity contribution < 1.29 is 83.4 Å². The van der Waals surface area contributed by atoms with Crippen LogP contribution in [0.3, 0.4) is 0 Å². The van der Waals surface area contributed by atoms with Gasteiger partial charge in [-0.15, -0.1) is 0 Å². The van der Waals surface area contributed by atoms with E-state index >= 15 is 0 Å². The largest absolute Gasteiger partial charge is 0.481 e. The number of nitrogens with zero attached hydrogens (tertiary/aromatic N) is 6. The molecule has 0 radical (unpaired) electrons. The minimum Gasteiger partial charge on any atom is -0.481 e. The van der Waals surface area contributed by atoms with E-state index < -0.39 is 84.1 Å². The number of nitrogens with two attached hydrogens (primary N) is 1. The van der Waals surface area contributed by atoms with Crippen LogP contribution in [0.25, 0.3) is 0 Å². The second-order valence-corrected chi connectivity index (χ2v) is 26.7. The lowest BCUT2D eigenvalue weighted by Crippen LogP contribution is -2.52. The number of Topliss-reactive ketones (excluding diaryl/α,β-unsaturated/α-hetero) is 2. The number of hydrogen-bond donors (Lipinski definition) is 14. The summed E-state index contributed by atoms with van der Waals surface area (Å²) in [6.07, 6.45) is 7.13. The van der Waals surface area contributed by atoms with Gasteiger partial charge in [0.15, 0.2) is 10.9 Å². The highest BCUT2D eigenvalue weighted by molar-refractivity contribution is 14.1. The number of anilines is 2. The number of aryl methyl sites for hydroxylation is 1. The number of amides is 5. The number of likely N-dealkylation sites (N-methyl/N-ethyl adjacent to an activating group) is 1. The van der Waals surface area contributed by atoms with Crippen molar-refractivity contribution in [3.8, 4) is 0 Å². The molecule has 1 heterocycles. The maximum atomic E-state index is 14.2. The van der Waals surface area contributed by atoms with Gasteiger partial charge >= 0.3 is 47.9 Å². The van der Waals surface area contributed by atoms with Crippen molar-refractivity contribution in [1.82, 2.24) is 46.2 Å². The van der Waals surface area contributed by atoms with Gasteiger partial charge in [0.25, 0.3) is 0 Å². The second kappa shape index (κ2) is 48.2. The lowest BCUT2D eigenvalue weighted by atomic mass is 9.91. The minimum atomic E-state index is -1.26. The third-order valence-electron chi connectivity index (χ3n) is 16.7. The van der Waals surface area contributed by atoms with E-state index in [1.165, 1.54) is 6.21 Å². The normalized spacial score (nSPS) is 15.3. The van der Waals surface area contributed by atoms with Gasteiger partial charge in [-0.25, -0.2) is 14.4 Å². The van der Waals surface area contributed by atoms with Gasteiger partial charge in [-0.05, 0) is 166 Å². The molecule has 1 fully saturated rings. The monoisotopic (exact) mass is 1550 g/mol. The predicted molar refractivity (Wildman–Crippen MR) is 396 cm³/mol. The highest BCUT2D eigenvalue weighted by Gasteiger charge is 2.29. The molecule has 102 heavy (non-hydrogen) atoms. The van der Waals surface area contributed by atoms with Crippen LogP contribution in [0, 0.1) is 9.49 Å². The van der Waals surface area contributed by atoms with Crippen molar-refractivity contribution in [1.29, 1.82) is 0 Å². The van der Waals surface area contributed by atoms with Crippen molar-refractivity contribution in [3.05, 3.63) is 93.1 Å². The first-order chi connectivity index (χ1) is 48.7. The van der Waals surface area contributed by atoms with Crippen molar-refractivity contribution >= 4 is 129 Å². The molecule has 3 aromatic carbocycles. The van der Waals surface area contributed by atoms with Crippen LogP contribution in [0.1, 0.15) is 119 Å². The van der Waals surface area contributed by atoms with E-state index in [-0.39, 0.29) is 114 Å². The fraction of sp³-hybridized carbons (Fsp3) is 0.536. The molecule has 31 nitrogen and oxygen atoms in total. The zero-order valence-corrected chi connectivity index (χ0v) is 60.6. The van der Waals surface area contributed by atoms with E-state index in [2.05, 4.69) is 69.9 Å². The number of nitrogens with one attached hydrogen (secondary N) is 7. The van der Waals surface area contributed by atoms with E-state index in [9.17, 15) is 78.3 Å². The molecule has 33 heteroatoms. The highest BCUT2D eigenvalue weighted by Crippen LogP contribution is 2.21. The molecule has 3 aromatic rings. The van der Waals surface area contributed by atoms with Gasteiger partial charge in [-0.3, -0.25) is 58.0 Å². The molecule has 0 saturated carbocycles. The average Bonchev–Trinajstić information content (AvgIpc) is 0.864. The number of ketones is 2. The first-order valence-electron chi connectivity index (χ1n) is 34.1. The van der Waals surface area contributed by atoms with Gasteiger partial charge in [0.05, 0.1) is 43.5 Å². The zero-order chi connectivity index (χ0) is 74.8. The van der Waals surface area contributed by atoms with Crippen LogP contribution in [0.15, 0.2) is 82.9 Å². The summed E-state index contributed by atoms with van der Waals surface area (Å²) in [5.74, 6) is -3.06. The fourth-order valence-corrected chi connectivity index (χ4v) is 11.9. The maximum absolute atomic E-state index is 14.2. The number of carbonyl (C=O) groups is 11. The summed E-state index contributed by atoms with van der Waals surface area (Å²) < 4.78 is 1.13. The Hall–Kier alpha value is -8.77. The molecule has 1 aliphatic rings. The van der Waals surface area contributed by atoms with Crippen LogP contribution in [-0.2, 0) is 56.0 Å². The first kappa shape index (κ1) is 85.6. The number of aliphatic imine (C=N–C) groups is 1. The van der Waals surface area contributed by atoms with Crippen molar-refractivity contribution in [3.63, 3.8) is 0 Å². The van der Waals surface area contributed by atoms with Gasteiger partial charge in [0.2, 0.25) is 5.91 Å². The summed E-state index contributed by atoms with van der Waals surface area (Å²) in [6.45, 7) is 1.68. The van der Waals surface area contributed by atoms with Crippen molar-refractivity contribution in [2.45, 2.75) is 134 Å². The molecule has 5 amide bonds. The molecule has 0 bridgehead atoms. The molecular formula is C69H99IN14O17S. The molecule has 1 unspecified atom stereocenters. The Kier molecular flexibility index (Phi) is 40.4. The molecule has 15 N–H and O–H groups in total. The SMILES string of the molecule is CN1CCN(CC(=O)O)CCN(CC(=O)O)CCN(CC(=O)O)C(Cc2ccc(NC(=S)NCCCC[C@H](NC(=O)CN=C(C=NN)c3cccc(NC(=O)NCCCC[C@H](NC(=O)NCCCC(=O)O)C(=O)O)c3)C(=O)C[C@@H](CCCCCC(=O)CCCc3ccc(I)cc3)C(=O)O)cc2)C1. The van der Waals surface area contributed by atoms with E-state index in [0.717, 1.165) is 27.5 Å². The lowest BCUT2D eigenvalue weighted by molar-refractivity contribution is -0.144. The summed E-state index contributed by atoms with van der Waals surface area (Å²) >= 11 is 7.88. The number of urea groups is 2. The van der Waals surface area contributed by atoms with Crippen LogP contribution in [0.5, 0.6) is 0 Å². The number of thiocarbonyl (C=S) groups is 1. The van der Waals surface area contributed by atoms with Crippen LogP contribution in [0.2, 0.25) is 0 Å². The molecule has 0 spiro atoms. The zero-order valence-electron chi connectivity index (χ0n) is 57.7. The Bertz CT molecular complexity index is 3300. The number of carboxylic acid groups (broad SMARTS) is 6. The molecule has 0 aromatic heterocycles. The second-order valence-electron chi connectivity index (χ2n) is 25.1. The Labute approximate surface area is 612 Å². The van der Waals surface area contributed by atoms with Crippen LogP contribution >= 0.6 is 34.8 Å². The molecule has 1 aliphatic heterocycles. The average molecular weight is 1560 g/mol. The maximum Gasteiger partial charge on any atom is 0.326 e. The van der Waals surface area contributed by atoms with Crippen molar-refractivity contribution in [2.75, 3.05) is 109 Å². The Morgan fingerprint density at radius 1 is 0.598 bits per heavy atom. The summed E-state index contributed by atoms with van der Waals surface area (Å²) in [6, 6.07) is 18.0. The fourth-order valence-electron chi connectivity index (χ4n) is 11.3. The third kappa shape index (κ3) is 37.2. The van der Waals surface area contributed by atoms with Crippen molar-refractivity contribution in [2.24, 2.45) is 21.9 Å². The van der Waals surface area contributed by atoms with E-state index in [0.29, 0.717) is 114 Å². The quantitative estimate of drug-likeness (QED) is 0.00902. The van der Waals surface area contributed by atoms with Gasteiger partial charge in [-0.1, -0.05) is 49.2 Å². The smallest absolute Gasteiger partial charge is 0.326 e. The number of hydrazone groups is 1.